The second kappa shape index (κ2) is 12.8. The van der Waals surface area contributed by atoms with Crippen LogP contribution in [0.2, 0.25) is 0 Å². The van der Waals surface area contributed by atoms with Crippen molar-refractivity contribution in [3.05, 3.63) is 0 Å². The number of hydrogen-bond acceptors (Lipinski definition) is 5. The van der Waals surface area contributed by atoms with Crippen molar-refractivity contribution >= 4 is 5.97 Å². The fraction of sp³-hybridized carbons (Fsp3) is 0.750. The Balaban J connectivity index is 0. The molecule has 1 fully saturated rings. The van der Waals surface area contributed by atoms with Gasteiger partial charge in [-0.25, -0.2) is 0 Å². The van der Waals surface area contributed by atoms with Gasteiger partial charge in [-0.3, -0.25) is 4.79 Å². The third-order valence-corrected chi connectivity index (χ3v) is 2.24. The minimum Gasteiger partial charge on any atom is -0.466 e. The second-order valence-electron chi connectivity index (χ2n) is 3.48. The van der Waals surface area contributed by atoms with E-state index in [0.29, 0.717) is 6.61 Å². The molecule has 2 N–H and O–H groups in total. The van der Waals surface area contributed by atoms with E-state index in [0.717, 1.165) is 33.0 Å². The number of rotatable bonds is 2. The van der Waals surface area contributed by atoms with Gasteiger partial charge < -0.3 is 19.8 Å². The monoisotopic (exact) mass is 245 g/mol. The average Bonchev–Trinajstić information content (AvgIpc) is 2.33. The number of terminal acetylenes is 1. The Bertz CT molecular complexity index is 225. The molecule has 1 aliphatic heterocycles. The van der Waals surface area contributed by atoms with Gasteiger partial charge >= 0.3 is 5.97 Å². The van der Waals surface area contributed by atoms with Crippen molar-refractivity contribution in [3.63, 3.8) is 0 Å². The molecule has 1 saturated heterocycles. The first-order valence-corrected chi connectivity index (χ1v) is 5.55. The molecule has 0 radical (unpaired) electrons. The number of hydrogen-bond donors (Lipinski definition) is 2. The van der Waals surface area contributed by atoms with Crippen LogP contribution in [0.25, 0.3) is 0 Å². The summed E-state index contributed by atoms with van der Waals surface area (Å²) in [6, 6.07) is 0. The molecule has 0 saturated carbocycles. The Morgan fingerprint density at radius 2 is 2.12 bits per heavy atom. The van der Waals surface area contributed by atoms with Gasteiger partial charge in [-0.2, -0.15) is 0 Å². The number of carbonyl (C=O) groups excluding carboxylic acids is 1. The molecule has 0 aromatic carbocycles. The lowest BCUT2D eigenvalue weighted by molar-refractivity contribution is -0.149. The first-order valence-electron chi connectivity index (χ1n) is 5.55. The van der Waals surface area contributed by atoms with E-state index >= 15 is 0 Å². The summed E-state index contributed by atoms with van der Waals surface area (Å²) in [5.74, 6) is 0.0905. The average molecular weight is 245 g/mol. The summed E-state index contributed by atoms with van der Waals surface area (Å²) in [6.07, 6.45) is 7.50. The van der Waals surface area contributed by atoms with Gasteiger partial charge in [0.2, 0.25) is 0 Å². The highest BCUT2D eigenvalue weighted by Gasteiger charge is 2.24. The first-order chi connectivity index (χ1) is 8.15. The molecule has 0 aromatic rings. The highest BCUT2D eigenvalue weighted by molar-refractivity contribution is 5.72. The van der Waals surface area contributed by atoms with E-state index in [-0.39, 0.29) is 11.9 Å². The van der Waals surface area contributed by atoms with Gasteiger partial charge in [-0.15, -0.1) is 0 Å². The smallest absolute Gasteiger partial charge is 0.310 e. The summed E-state index contributed by atoms with van der Waals surface area (Å²) in [4.78, 5) is 13.5. The van der Waals surface area contributed by atoms with Crippen molar-refractivity contribution in [3.8, 4) is 12.5 Å². The van der Waals surface area contributed by atoms with Crippen LogP contribution < -0.4 is 0 Å². The fourth-order valence-electron chi connectivity index (χ4n) is 1.62. The van der Waals surface area contributed by atoms with Crippen LogP contribution in [-0.2, 0) is 9.53 Å². The molecular weight excluding hydrogens is 222 g/mol. The number of carbonyl (C=O) groups is 1. The molecule has 1 heterocycles. The summed E-state index contributed by atoms with van der Waals surface area (Å²) < 4.78 is 4.96. The molecule has 0 bridgehead atoms. The van der Waals surface area contributed by atoms with Crippen molar-refractivity contribution in [2.24, 2.45) is 5.92 Å². The largest absolute Gasteiger partial charge is 0.466 e. The number of piperidine rings is 1. The van der Waals surface area contributed by atoms with Gasteiger partial charge in [-0.05, 0) is 33.4 Å². The molecule has 5 nitrogen and oxygen atoms in total. The predicted octanol–water partition coefficient (Wildman–Crippen LogP) is 0.449. The topological polar surface area (TPSA) is 70.0 Å². The molecule has 1 unspecified atom stereocenters. The Labute approximate surface area is 103 Å². The SMILES string of the molecule is C#CO.CCOC(=O)C1CCCN(C)C1.CO. The number of esters is 1. The zero-order chi connectivity index (χ0) is 13.7. The molecule has 0 spiro atoms. The van der Waals surface area contributed by atoms with Crippen molar-refractivity contribution < 1.29 is 19.7 Å². The highest BCUT2D eigenvalue weighted by Crippen LogP contribution is 2.16. The first kappa shape index (κ1) is 18.1. The maximum atomic E-state index is 11.3. The van der Waals surface area contributed by atoms with Crippen molar-refractivity contribution in [2.45, 2.75) is 19.8 Å². The number of aliphatic hydroxyl groups excluding tert-OH is 2. The lowest BCUT2D eigenvalue weighted by Crippen LogP contribution is -2.36. The van der Waals surface area contributed by atoms with Crippen LogP contribution in [0.1, 0.15) is 19.8 Å². The quantitative estimate of drug-likeness (QED) is 0.546. The zero-order valence-corrected chi connectivity index (χ0v) is 10.8. The lowest BCUT2D eigenvalue weighted by Gasteiger charge is -2.27. The van der Waals surface area contributed by atoms with E-state index in [4.69, 9.17) is 14.9 Å². The Morgan fingerprint density at radius 1 is 1.59 bits per heavy atom. The Kier molecular flexibility index (Phi) is 13.7. The maximum Gasteiger partial charge on any atom is 0.310 e. The minimum atomic E-state index is -0.0240. The zero-order valence-electron chi connectivity index (χ0n) is 10.8. The van der Waals surface area contributed by atoms with Crippen LogP contribution in [0.5, 0.6) is 0 Å². The van der Waals surface area contributed by atoms with Crippen LogP contribution in [0, 0.1) is 18.4 Å². The predicted molar refractivity (Wildman–Crippen MR) is 65.8 cm³/mol. The number of aliphatic hydroxyl groups is 2. The van der Waals surface area contributed by atoms with Crippen LogP contribution in [0.3, 0.4) is 0 Å². The summed E-state index contributed by atoms with van der Waals surface area (Å²) in [6.45, 7) is 4.32. The van der Waals surface area contributed by atoms with Crippen molar-refractivity contribution in [2.75, 3.05) is 33.9 Å². The summed E-state index contributed by atoms with van der Waals surface area (Å²) in [7, 11) is 3.05. The van der Waals surface area contributed by atoms with E-state index in [1.165, 1.54) is 6.11 Å². The third-order valence-electron chi connectivity index (χ3n) is 2.24. The van der Waals surface area contributed by atoms with Gasteiger partial charge in [0.05, 0.1) is 12.5 Å². The summed E-state index contributed by atoms with van der Waals surface area (Å²) in [5, 5.41) is 14.1. The van der Waals surface area contributed by atoms with Gasteiger partial charge in [0.25, 0.3) is 0 Å². The summed E-state index contributed by atoms with van der Waals surface area (Å²) in [5.41, 5.74) is 0. The van der Waals surface area contributed by atoms with Crippen LogP contribution in [-0.4, -0.2) is 54.9 Å². The van der Waals surface area contributed by atoms with Gasteiger partial charge in [-0.1, -0.05) is 6.42 Å². The molecule has 0 amide bonds. The number of likely N-dealkylation sites (tertiary alicyclic amines) is 1. The minimum absolute atomic E-state index is 0.0240. The van der Waals surface area contributed by atoms with E-state index in [1.54, 1.807) is 0 Å². The maximum absolute atomic E-state index is 11.3. The van der Waals surface area contributed by atoms with Crippen LogP contribution in [0.15, 0.2) is 0 Å². The van der Waals surface area contributed by atoms with Gasteiger partial charge in [0.1, 0.15) is 6.11 Å². The van der Waals surface area contributed by atoms with Gasteiger partial charge in [0.15, 0.2) is 0 Å². The second-order valence-corrected chi connectivity index (χ2v) is 3.48. The molecular formula is C12H23NO4. The molecule has 1 aliphatic rings. The third kappa shape index (κ3) is 9.67. The number of ether oxygens (including phenoxy) is 1. The molecule has 0 aromatic heterocycles. The molecule has 5 heteroatoms. The van der Waals surface area contributed by atoms with Crippen LogP contribution >= 0.6 is 0 Å². The Hall–Kier alpha value is -1.25. The molecule has 17 heavy (non-hydrogen) atoms. The molecule has 100 valence electrons. The normalized spacial score (nSPS) is 18.6. The fourth-order valence-corrected chi connectivity index (χ4v) is 1.62. The van der Waals surface area contributed by atoms with E-state index in [9.17, 15) is 4.79 Å². The Morgan fingerprint density at radius 3 is 2.53 bits per heavy atom. The number of nitrogens with zero attached hydrogens (tertiary/aromatic N) is 1. The standard InChI is InChI=1S/C9H17NO2.C2H2O.CH4O/c1-3-12-9(11)8-5-4-6-10(2)7-8;1-2-3;1-2/h8H,3-7H2,1-2H3;1,3H;2H,1H3. The molecule has 1 atom stereocenters. The lowest BCUT2D eigenvalue weighted by atomic mass is 9.99. The summed E-state index contributed by atoms with van der Waals surface area (Å²) >= 11 is 0. The van der Waals surface area contributed by atoms with E-state index in [1.807, 2.05) is 14.0 Å². The van der Waals surface area contributed by atoms with Crippen molar-refractivity contribution in [1.29, 1.82) is 0 Å². The van der Waals surface area contributed by atoms with Crippen molar-refractivity contribution in [1.82, 2.24) is 4.90 Å². The molecule has 0 aliphatic carbocycles. The molecule has 1 rings (SSSR count). The van der Waals surface area contributed by atoms with Crippen LogP contribution in [0.4, 0.5) is 0 Å². The van der Waals surface area contributed by atoms with E-state index < -0.39 is 0 Å². The van der Waals surface area contributed by atoms with E-state index in [2.05, 4.69) is 11.3 Å². The van der Waals surface area contributed by atoms with Gasteiger partial charge in [0, 0.05) is 13.7 Å². The highest BCUT2D eigenvalue weighted by atomic mass is 16.5.